The molecule has 1 unspecified atom stereocenters. The van der Waals surface area contributed by atoms with Crippen molar-refractivity contribution in [3.05, 3.63) is 29.3 Å². The number of hydrogen-bond donors (Lipinski definition) is 2. The Hall–Kier alpha value is -1.14. The van der Waals surface area contributed by atoms with Gasteiger partial charge in [0.1, 0.15) is 12.4 Å². The van der Waals surface area contributed by atoms with Crippen molar-refractivity contribution in [2.45, 2.75) is 32.9 Å². The molecule has 0 spiro atoms. The largest absolute Gasteiger partial charge is 0.491 e. The van der Waals surface area contributed by atoms with Crippen molar-refractivity contribution >= 4 is 25.7 Å². The lowest BCUT2D eigenvalue weighted by Crippen LogP contribution is -2.49. The van der Waals surface area contributed by atoms with Crippen LogP contribution in [0.15, 0.2) is 18.2 Å². The third kappa shape index (κ3) is 5.63. The molecule has 0 aromatic heterocycles. The molecular formula is C15H23BN2O2S. The van der Waals surface area contributed by atoms with E-state index in [4.69, 9.17) is 12.7 Å². The molecule has 0 saturated carbocycles. The third-order valence-electron chi connectivity index (χ3n) is 3.13. The van der Waals surface area contributed by atoms with Crippen molar-refractivity contribution in [3.8, 4) is 5.75 Å². The number of thioether (sulfide) groups is 1. The highest BCUT2D eigenvalue weighted by atomic mass is 32.2. The van der Waals surface area contributed by atoms with Crippen LogP contribution in [0.2, 0.25) is 0 Å². The van der Waals surface area contributed by atoms with E-state index in [2.05, 4.69) is 10.5 Å². The van der Waals surface area contributed by atoms with Gasteiger partial charge in [-0.05, 0) is 38.2 Å². The van der Waals surface area contributed by atoms with E-state index in [0.717, 1.165) is 16.9 Å². The zero-order valence-corrected chi connectivity index (χ0v) is 13.9. The summed E-state index contributed by atoms with van der Waals surface area (Å²) in [6.07, 6.45) is 1.94. The van der Waals surface area contributed by atoms with Gasteiger partial charge in [-0.2, -0.15) is 11.8 Å². The summed E-state index contributed by atoms with van der Waals surface area (Å²) >= 11 is 1.57. The molecule has 0 aliphatic heterocycles. The van der Waals surface area contributed by atoms with Crippen molar-refractivity contribution in [2.75, 3.05) is 18.6 Å². The number of para-hydroxylation sites is 1. The number of carbonyl (C=O) groups excluding carboxylic acids is 1. The van der Waals surface area contributed by atoms with Crippen molar-refractivity contribution in [2.24, 2.45) is 0 Å². The smallest absolute Gasteiger partial charge is 0.237 e. The summed E-state index contributed by atoms with van der Waals surface area (Å²) in [6.45, 7) is 6.36. The van der Waals surface area contributed by atoms with E-state index in [1.807, 2.05) is 45.2 Å². The highest BCUT2D eigenvalue weighted by molar-refractivity contribution is 7.98. The zero-order chi connectivity index (χ0) is 15.8. The summed E-state index contributed by atoms with van der Waals surface area (Å²) in [5, 5.41) is 5.43. The summed E-state index contributed by atoms with van der Waals surface area (Å²) < 4.78 is 5.83. The zero-order valence-electron chi connectivity index (χ0n) is 13.1. The number of benzene rings is 1. The first-order valence-electron chi connectivity index (χ1n) is 6.94. The molecule has 0 fully saturated rings. The van der Waals surface area contributed by atoms with Crippen molar-refractivity contribution < 1.29 is 9.53 Å². The molecule has 0 saturated heterocycles. The molecule has 114 valence electrons. The maximum absolute atomic E-state index is 12.0. The Balaban J connectivity index is 2.50. The minimum atomic E-state index is -0.386. The van der Waals surface area contributed by atoms with Crippen LogP contribution in [-0.2, 0) is 4.79 Å². The Bertz CT molecular complexity index is 451. The molecule has 6 heteroatoms. The number of hydrogen-bond acceptors (Lipinski definition) is 4. The molecule has 1 rings (SSSR count). The fourth-order valence-electron chi connectivity index (χ4n) is 1.99. The average molecular weight is 306 g/mol. The molecule has 1 amide bonds. The third-order valence-corrected chi connectivity index (χ3v) is 3.79. The normalized spacial score (nSPS) is 13.5. The Labute approximate surface area is 132 Å². The topological polar surface area (TPSA) is 50.4 Å². The van der Waals surface area contributed by atoms with Crippen LogP contribution < -0.4 is 15.3 Å². The van der Waals surface area contributed by atoms with Gasteiger partial charge in [-0.1, -0.05) is 18.2 Å². The van der Waals surface area contributed by atoms with Gasteiger partial charge in [-0.25, -0.2) is 0 Å². The van der Waals surface area contributed by atoms with Gasteiger partial charge in [0.2, 0.25) is 5.91 Å². The maximum atomic E-state index is 12.0. The predicted molar refractivity (Wildman–Crippen MR) is 90.1 cm³/mol. The maximum Gasteiger partial charge on any atom is 0.237 e. The second kappa shape index (κ2) is 9.00. The Morgan fingerprint density at radius 3 is 2.52 bits per heavy atom. The van der Waals surface area contributed by atoms with E-state index in [9.17, 15) is 4.79 Å². The van der Waals surface area contributed by atoms with Gasteiger partial charge in [0.05, 0.1) is 12.1 Å². The van der Waals surface area contributed by atoms with Gasteiger partial charge in [-0.15, -0.1) is 0 Å². The molecular weight excluding hydrogens is 283 g/mol. The molecule has 2 atom stereocenters. The molecule has 1 aromatic rings. The van der Waals surface area contributed by atoms with Gasteiger partial charge in [0.25, 0.3) is 0 Å². The molecule has 4 nitrogen and oxygen atoms in total. The van der Waals surface area contributed by atoms with Crippen LogP contribution >= 0.6 is 11.8 Å². The Kier molecular flexibility index (Phi) is 7.68. The predicted octanol–water partition coefficient (Wildman–Crippen LogP) is 1.59. The van der Waals surface area contributed by atoms with E-state index in [1.54, 1.807) is 11.8 Å². The van der Waals surface area contributed by atoms with Crippen LogP contribution in [0.25, 0.3) is 0 Å². The lowest BCUT2D eigenvalue weighted by molar-refractivity contribution is -0.123. The van der Waals surface area contributed by atoms with Gasteiger partial charge < -0.3 is 15.3 Å². The standard InChI is InChI=1S/C15H23BN2O2S/c1-10-6-5-7-11(2)14(10)20-8-12(3)17-15(19)13(18-16)9-21-4/h5-7,12-13,18H,8-9H2,1-4H3,(H,17,19)/t12?,13-/m0/s1. The lowest BCUT2D eigenvalue weighted by atomic mass is 10.1. The highest BCUT2D eigenvalue weighted by Crippen LogP contribution is 2.22. The van der Waals surface area contributed by atoms with Crippen LogP contribution in [-0.4, -0.2) is 44.6 Å². The van der Waals surface area contributed by atoms with Crippen LogP contribution in [0.1, 0.15) is 18.1 Å². The summed E-state index contributed by atoms with van der Waals surface area (Å²) in [4.78, 5) is 12.0. The lowest BCUT2D eigenvalue weighted by Gasteiger charge is -2.21. The van der Waals surface area contributed by atoms with E-state index >= 15 is 0 Å². The average Bonchev–Trinajstić information content (AvgIpc) is 2.44. The summed E-state index contributed by atoms with van der Waals surface area (Å²) in [6, 6.07) is 5.55. The SMILES string of the molecule is [B]N[C@@H](CSC)C(=O)NC(C)COc1c(C)cccc1C. The molecule has 0 heterocycles. The summed E-state index contributed by atoms with van der Waals surface area (Å²) in [5.74, 6) is 1.41. The number of nitrogens with one attached hydrogen (secondary N) is 2. The van der Waals surface area contributed by atoms with Crippen LogP contribution in [0, 0.1) is 13.8 Å². The van der Waals surface area contributed by atoms with E-state index < -0.39 is 0 Å². The molecule has 2 N–H and O–H groups in total. The monoisotopic (exact) mass is 306 g/mol. The molecule has 1 aromatic carbocycles. The summed E-state index contributed by atoms with van der Waals surface area (Å²) in [5.41, 5.74) is 2.19. The Morgan fingerprint density at radius 1 is 1.38 bits per heavy atom. The highest BCUT2D eigenvalue weighted by Gasteiger charge is 2.17. The fraction of sp³-hybridized carbons (Fsp3) is 0.533. The van der Waals surface area contributed by atoms with Gasteiger partial charge in [0, 0.05) is 5.75 Å². The molecule has 0 bridgehead atoms. The second-order valence-corrected chi connectivity index (χ2v) is 6.03. The van der Waals surface area contributed by atoms with Gasteiger partial charge in [0.15, 0.2) is 7.98 Å². The number of rotatable bonds is 8. The van der Waals surface area contributed by atoms with E-state index in [1.165, 1.54) is 0 Å². The van der Waals surface area contributed by atoms with Crippen molar-refractivity contribution in [1.29, 1.82) is 0 Å². The quantitative estimate of drug-likeness (QED) is 0.716. The van der Waals surface area contributed by atoms with Crippen molar-refractivity contribution in [3.63, 3.8) is 0 Å². The van der Waals surface area contributed by atoms with Gasteiger partial charge >= 0.3 is 0 Å². The molecule has 2 radical (unpaired) electrons. The number of amides is 1. The number of aryl methyl sites for hydroxylation is 2. The second-order valence-electron chi connectivity index (χ2n) is 5.12. The fourth-order valence-corrected chi connectivity index (χ4v) is 2.57. The van der Waals surface area contributed by atoms with Crippen LogP contribution in [0.5, 0.6) is 5.75 Å². The summed E-state index contributed by atoms with van der Waals surface area (Å²) in [7, 11) is 5.38. The minimum Gasteiger partial charge on any atom is -0.491 e. The van der Waals surface area contributed by atoms with E-state index in [0.29, 0.717) is 12.4 Å². The van der Waals surface area contributed by atoms with E-state index in [-0.39, 0.29) is 18.0 Å². The number of ether oxygens (including phenoxy) is 1. The minimum absolute atomic E-state index is 0.0887. The Morgan fingerprint density at radius 2 is 2.00 bits per heavy atom. The van der Waals surface area contributed by atoms with Crippen LogP contribution in [0.3, 0.4) is 0 Å². The van der Waals surface area contributed by atoms with Gasteiger partial charge in [-0.3, -0.25) is 4.79 Å². The first-order chi connectivity index (χ1) is 9.99. The molecule has 21 heavy (non-hydrogen) atoms. The van der Waals surface area contributed by atoms with Crippen LogP contribution in [0.4, 0.5) is 0 Å². The van der Waals surface area contributed by atoms with Crippen molar-refractivity contribution in [1.82, 2.24) is 10.5 Å². The number of carbonyl (C=O) groups is 1. The molecule has 0 aliphatic carbocycles. The first-order valence-corrected chi connectivity index (χ1v) is 8.33. The first kappa shape index (κ1) is 17.9. The molecule has 0 aliphatic rings.